The molecule has 0 aliphatic heterocycles. The van der Waals surface area contributed by atoms with E-state index in [2.05, 4.69) is 5.32 Å². The van der Waals surface area contributed by atoms with Crippen LogP contribution in [0.25, 0.3) is 0 Å². The van der Waals surface area contributed by atoms with Gasteiger partial charge >= 0.3 is 0 Å². The minimum atomic E-state index is -0.799. The van der Waals surface area contributed by atoms with Gasteiger partial charge in [0.2, 0.25) is 0 Å². The highest BCUT2D eigenvalue weighted by molar-refractivity contribution is 7.84. The molecule has 0 radical (unpaired) electrons. The zero-order valence-corrected chi connectivity index (χ0v) is 10.3. The summed E-state index contributed by atoms with van der Waals surface area (Å²) in [7, 11) is -0.799. The molecule has 16 heavy (non-hydrogen) atoms. The van der Waals surface area contributed by atoms with E-state index in [4.69, 9.17) is 5.73 Å². The Morgan fingerprint density at radius 2 is 2.25 bits per heavy atom. The molecule has 0 aliphatic rings. The van der Waals surface area contributed by atoms with Gasteiger partial charge in [-0.1, -0.05) is 0 Å². The van der Waals surface area contributed by atoms with Crippen LogP contribution in [-0.2, 0) is 10.8 Å². The van der Waals surface area contributed by atoms with Crippen molar-refractivity contribution in [2.75, 3.05) is 23.1 Å². The zero-order valence-electron chi connectivity index (χ0n) is 9.50. The normalized spacial score (nSPS) is 14.4. The standard InChI is InChI=1S/C11H17FN2OS/c1-8(5-6-16(2)15)14-11-7-9(12)3-4-10(11)13/h3-4,7-8,14H,5-6,13H2,1-2H3. The maximum absolute atomic E-state index is 13.0. The van der Waals surface area contributed by atoms with Gasteiger partial charge in [-0.2, -0.15) is 0 Å². The first-order valence-electron chi connectivity index (χ1n) is 5.10. The Morgan fingerprint density at radius 1 is 1.56 bits per heavy atom. The monoisotopic (exact) mass is 244 g/mol. The lowest BCUT2D eigenvalue weighted by atomic mass is 10.2. The highest BCUT2D eigenvalue weighted by atomic mass is 32.2. The third kappa shape index (κ3) is 4.18. The van der Waals surface area contributed by atoms with Gasteiger partial charge < -0.3 is 11.1 Å². The fraction of sp³-hybridized carbons (Fsp3) is 0.455. The number of nitrogens with one attached hydrogen (secondary N) is 1. The highest BCUT2D eigenvalue weighted by Gasteiger charge is 2.06. The van der Waals surface area contributed by atoms with Crippen molar-refractivity contribution in [3.8, 4) is 0 Å². The molecule has 5 heteroatoms. The molecule has 0 saturated heterocycles. The van der Waals surface area contributed by atoms with Crippen LogP contribution in [0.15, 0.2) is 18.2 Å². The average molecular weight is 244 g/mol. The van der Waals surface area contributed by atoms with Gasteiger partial charge in [-0.3, -0.25) is 4.21 Å². The quantitative estimate of drug-likeness (QED) is 0.779. The van der Waals surface area contributed by atoms with Gasteiger partial charge in [0.15, 0.2) is 0 Å². The van der Waals surface area contributed by atoms with Crippen LogP contribution >= 0.6 is 0 Å². The molecule has 0 amide bonds. The van der Waals surface area contributed by atoms with Crippen molar-refractivity contribution in [2.24, 2.45) is 0 Å². The number of hydrogen-bond donors (Lipinski definition) is 2. The maximum Gasteiger partial charge on any atom is 0.125 e. The molecule has 2 unspecified atom stereocenters. The third-order valence-corrected chi connectivity index (χ3v) is 3.07. The molecule has 2 atom stereocenters. The minimum absolute atomic E-state index is 0.119. The van der Waals surface area contributed by atoms with E-state index in [1.54, 1.807) is 6.26 Å². The highest BCUT2D eigenvalue weighted by Crippen LogP contribution is 2.20. The van der Waals surface area contributed by atoms with E-state index in [9.17, 15) is 8.60 Å². The predicted molar refractivity (Wildman–Crippen MR) is 67.4 cm³/mol. The van der Waals surface area contributed by atoms with Gasteiger partial charge in [0.1, 0.15) is 5.82 Å². The predicted octanol–water partition coefficient (Wildman–Crippen LogP) is 1.98. The van der Waals surface area contributed by atoms with Crippen LogP contribution in [0.4, 0.5) is 15.8 Å². The summed E-state index contributed by atoms with van der Waals surface area (Å²) in [6.07, 6.45) is 2.43. The Hall–Kier alpha value is -1.10. The van der Waals surface area contributed by atoms with Crippen LogP contribution in [0.1, 0.15) is 13.3 Å². The molecular weight excluding hydrogens is 227 g/mol. The number of halogens is 1. The lowest BCUT2D eigenvalue weighted by Crippen LogP contribution is -2.18. The van der Waals surface area contributed by atoms with E-state index < -0.39 is 10.8 Å². The fourth-order valence-corrected chi connectivity index (χ4v) is 2.02. The summed E-state index contributed by atoms with van der Waals surface area (Å²) in [4.78, 5) is 0. The second-order valence-electron chi connectivity index (χ2n) is 3.84. The molecule has 0 fully saturated rings. The molecular formula is C11H17FN2OS. The van der Waals surface area contributed by atoms with Gasteiger partial charge in [-0.15, -0.1) is 0 Å². The number of hydrogen-bond acceptors (Lipinski definition) is 3. The average Bonchev–Trinajstić information content (AvgIpc) is 2.20. The Balaban J connectivity index is 2.58. The van der Waals surface area contributed by atoms with Crippen molar-refractivity contribution in [2.45, 2.75) is 19.4 Å². The van der Waals surface area contributed by atoms with Crippen molar-refractivity contribution >= 4 is 22.2 Å². The second-order valence-corrected chi connectivity index (χ2v) is 5.40. The fourth-order valence-electron chi connectivity index (χ4n) is 1.33. The van der Waals surface area contributed by atoms with Crippen molar-refractivity contribution < 1.29 is 8.60 Å². The molecule has 3 nitrogen and oxygen atoms in total. The molecule has 0 saturated carbocycles. The summed E-state index contributed by atoms with van der Waals surface area (Å²) >= 11 is 0. The summed E-state index contributed by atoms with van der Waals surface area (Å²) in [6, 6.07) is 4.34. The summed E-state index contributed by atoms with van der Waals surface area (Å²) < 4.78 is 23.9. The lowest BCUT2D eigenvalue weighted by molar-refractivity contribution is 0.627. The van der Waals surface area contributed by atoms with Crippen molar-refractivity contribution in [3.05, 3.63) is 24.0 Å². The first-order chi connectivity index (χ1) is 7.49. The smallest absolute Gasteiger partial charge is 0.125 e. The van der Waals surface area contributed by atoms with Gasteiger partial charge in [0.05, 0.1) is 11.4 Å². The Bertz CT molecular complexity index is 384. The minimum Gasteiger partial charge on any atom is -0.397 e. The lowest BCUT2D eigenvalue weighted by Gasteiger charge is -2.16. The van der Waals surface area contributed by atoms with Crippen LogP contribution in [0.2, 0.25) is 0 Å². The third-order valence-electron chi connectivity index (χ3n) is 2.26. The van der Waals surface area contributed by atoms with Crippen LogP contribution in [0.5, 0.6) is 0 Å². The molecule has 0 aromatic heterocycles. The van der Waals surface area contributed by atoms with E-state index in [1.807, 2.05) is 6.92 Å². The van der Waals surface area contributed by atoms with E-state index >= 15 is 0 Å². The van der Waals surface area contributed by atoms with E-state index in [1.165, 1.54) is 18.2 Å². The van der Waals surface area contributed by atoms with Crippen LogP contribution < -0.4 is 11.1 Å². The number of rotatable bonds is 5. The van der Waals surface area contributed by atoms with Gasteiger partial charge in [-0.05, 0) is 31.5 Å². The van der Waals surface area contributed by atoms with E-state index in [0.717, 1.165) is 6.42 Å². The van der Waals surface area contributed by atoms with Crippen molar-refractivity contribution in [1.82, 2.24) is 0 Å². The van der Waals surface area contributed by atoms with Crippen molar-refractivity contribution in [1.29, 1.82) is 0 Å². The van der Waals surface area contributed by atoms with Gasteiger partial charge in [-0.25, -0.2) is 4.39 Å². The number of nitrogen functional groups attached to an aromatic ring is 1. The largest absolute Gasteiger partial charge is 0.397 e. The molecule has 3 N–H and O–H groups in total. The molecule has 0 aliphatic carbocycles. The maximum atomic E-state index is 13.0. The number of anilines is 2. The second kappa shape index (κ2) is 5.84. The zero-order chi connectivity index (χ0) is 12.1. The SMILES string of the molecule is CC(CCS(C)=O)Nc1cc(F)ccc1N. The molecule has 0 spiro atoms. The summed E-state index contributed by atoms with van der Waals surface area (Å²) in [5.74, 6) is 0.312. The Kier molecular flexibility index (Phi) is 4.73. The molecule has 0 heterocycles. The topological polar surface area (TPSA) is 55.1 Å². The van der Waals surface area contributed by atoms with E-state index in [0.29, 0.717) is 17.1 Å². The summed E-state index contributed by atoms with van der Waals surface area (Å²) in [5.41, 5.74) is 6.82. The molecule has 1 aromatic carbocycles. The van der Waals surface area contributed by atoms with Crippen LogP contribution in [-0.4, -0.2) is 22.3 Å². The summed E-state index contributed by atoms with van der Waals surface area (Å²) in [5, 5.41) is 3.11. The first-order valence-corrected chi connectivity index (χ1v) is 6.83. The molecule has 90 valence electrons. The molecule has 1 aromatic rings. The number of benzene rings is 1. The Labute approximate surface area is 97.7 Å². The van der Waals surface area contributed by atoms with Crippen LogP contribution in [0.3, 0.4) is 0 Å². The van der Waals surface area contributed by atoms with E-state index in [-0.39, 0.29) is 11.9 Å². The Morgan fingerprint density at radius 3 is 2.88 bits per heavy atom. The molecule has 0 bridgehead atoms. The van der Waals surface area contributed by atoms with Gasteiger partial charge in [0.25, 0.3) is 0 Å². The van der Waals surface area contributed by atoms with Crippen LogP contribution in [0, 0.1) is 5.82 Å². The first kappa shape index (κ1) is 13.0. The van der Waals surface area contributed by atoms with Gasteiger partial charge in [0, 0.05) is 28.9 Å². The summed E-state index contributed by atoms with van der Waals surface area (Å²) in [6.45, 7) is 1.96. The number of nitrogens with two attached hydrogens (primary N) is 1. The van der Waals surface area contributed by atoms with Crippen molar-refractivity contribution in [3.63, 3.8) is 0 Å². The molecule has 1 rings (SSSR count).